The molecule has 0 aliphatic rings. The summed E-state index contributed by atoms with van der Waals surface area (Å²) < 4.78 is 13.0. The molecule has 1 heteroatoms. The van der Waals surface area contributed by atoms with Crippen LogP contribution in [0.4, 0.5) is 4.39 Å². The zero-order chi connectivity index (χ0) is 11.5. The third-order valence-electron chi connectivity index (χ3n) is 3.12. The molecule has 2 aromatic carbocycles. The first-order chi connectivity index (χ1) is 7.70. The van der Waals surface area contributed by atoms with Gasteiger partial charge in [-0.15, -0.1) is 0 Å². The Hall–Kier alpha value is -1.37. The highest BCUT2D eigenvalue weighted by molar-refractivity contribution is 5.83. The average Bonchev–Trinajstić information content (AvgIpc) is 2.28. The zero-order valence-electron chi connectivity index (χ0n) is 9.83. The summed E-state index contributed by atoms with van der Waals surface area (Å²) in [6.07, 6.45) is 2.40. The van der Waals surface area contributed by atoms with Gasteiger partial charge in [-0.25, -0.2) is 4.39 Å². The van der Waals surface area contributed by atoms with Crippen molar-refractivity contribution in [3.63, 3.8) is 0 Å². The van der Waals surface area contributed by atoms with Gasteiger partial charge in [0, 0.05) is 0 Å². The van der Waals surface area contributed by atoms with Crippen molar-refractivity contribution in [2.45, 2.75) is 32.6 Å². The van der Waals surface area contributed by atoms with E-state index in [1.165, 1.54) is 24.5 Å². The fraction of sp³-hybridized carbons (Fsp3) is 0.333. The first kappa shape index (κ1) is 11.1. The molecule has 1 unspecified atom stereocenters. The molecular weight excluding hydrogens is 199 g/mol. The van der Waals surface area contributed by atoms with Gasteiger partial charge in [-0.2, -0.15) is 0 Å². The summed E-state index contributed by atoms with van der Waals surface area (Å²) in [6, 6.07) is 11.3. The summed E-state index contributed by atoms with van der Waals surface area (Å²) >= 11 is 0. The van der Waals surface area contributed by atoms with Crippen LogP contribution in [0.5, 0.6) is 0 Å². The average molecular weight is 216 g/mol. The molecule has 0 fully saturated rings. The van der Waals surface area contributed by atoms with Gasteiger partial charge in [0.25, 0.3) is 0 Å². The van der Waals surface area contributed by atoms with Gasteiger partial charge < -0.3 is 0 Å². The van der Waals surface area contributed by atoms with Crippen LogP contribution >= 0.6 is 0 Å². The molecule has 84 valence electrons. The minimum absolute atomic E-state index is 0.165. The molecule has 0 aromatic heterocycles. The number of fused-ring (bicyclic) bond motifs is 1. The van der Waals surface area contributed by atoms with Crippen LogP contribution in [0.1, 0.15) is 38.2 Å². The van der Waals surface area contributed by atoms with Crippen LogP contribution in [-0.2, 0) is 0 Å². The molecule has 0 amide bonds. The quantitative estimate of drug-likeness (QED) is 0.685. The molecule has 2 rings (SSSR count). The summed E-state index contributed by atoms with van der Waals surface area (Å²) in [5.41, 5.74) is 1.35. The van der Waals surface area contributed by atoms with Crippen molar-refractivity contribution in [1.29, 1.82) is 0 Å². The van der Waals surface area contributed by atoms with Crippen molar-refractivity contribution in [3.05, 3.63) is 47.8 Å². The molecule has 2 aromatic rings. The SMILES string of the molecule is CCCC(C)c1ccc2cc(F)ccc2c1. The van der Waals surface area contributed by atoms with Crippen molar-refractivity contribution in [3.8, 4) is 0 Å². The van der Waals surface area contributed by atoms with Gasteiger partial charge in [0.15, 0.2) is 0 Å². The van der Waals surface area contributed by atoms with Crippen LogP contribution in [-0.4, -0.2) is 0 Å². The number of halogens is 1. The monoisotopic (exact) mass is 216 g/mol. The van der Waals surface area contributed by atoms with Gasteiger partial charge in [0.1, 0.15) is 5.82 Å². The van der Waals surface area contributed by atoms with E-state index in [1.807, 2.05) is 12.1 Å². The first-order valence-electron chi connectivity index (χ1n) is 5.90. The largest absolute Gasteiger partial charge is 0.207 e. The van der Waals surface area contributed by atoms with E-state index >= 15 is 0 Å². The lowest BCUT2D eigenvalue weighted by molar-refractivity contribution is 0.629. The molecule has 0 N–H and O–H groups in total. The number of hydrogen-bond acceptors (Lipinski definition) is 0. The summed E-state index contributed by atoms with van der Waals surface area (Å²) in [5.74, 6) is 0.418. The predicted molar refractivity (Wildman–Crippen MR) is 67.2 cm³/mol. The van der Waals surface area contributed by atoms with E-state index in [1.54, 1.807) is 6.07 Å². The van der Waals surface area contributed by atoms with Gasteiger partial charge in [-0.1, -0.05) is 44.5 Å². The molecule has 0 spiro atoms. The van der Waals surface area contributed by atoms with Crippen LogP contribution in [0.3, 0.4) is 0 Å². The first-order valence-corrected chi connectivity index (χ1v) is 5.90. The zero-order valence-corrected chi connectivity index (χ0v) is 9.83. The summed E-state index contributed by atoms with van der Waals surface area (Å²) in [5, 5.41) is 2.11. The van der Waals surface area contributed by atoms with Crippen molar-refractivity contribution in [1.82, 2.24) is 0 Å². The fourth-order valence-corrected chi connectivity index (χ4v) is 2.14. The van der Waals surface area contributed by atoms with E-state index in [-0.39, 0.29) is 5.82 Å². The molecule has 0 aliphatic heterocycles. The molecular formula is C15H17F. The second-order valence-electron chi connectivity index (χ2n) is 4.44. The Balaban J connectivity index is 2.40. The summed E-state index contributed by atoms with van der Waals surface area (Å²) in [6.45, 7) is 4.45. The standard InChI is InChI=1S/C15H17F/c1-3-4-11(2)12-5-6-14-10-15(16)8-7-13(14)9-12/h5-11H,3-4H2,1-2H3. The predicted octanol–water partition coefficient (Wildman–Crippen LogP) is 4.88. The maximum absolute atomic E-state index is 13.0. The minimum atomic E-state index is -0.165. The fourth-order valence-electron chi connectivity index (χ4n) is 2.14. The highest BCUT2D eigenvalue weighted by Crippen LogP contribution is 2.25. The van der Waals surface area contributed by atoms with Crippen molar-refractivity contribution in [2.75, 3.05) is 0 Å². The minimum Gasteiger partial charge on any atom is -0.207 e. The maximum atomic E-state index is 13.0. The van der Waals surface area contributed by atoms with Gasteiger partial charge in [0.05, 0.1) is 0 Å². The van der Waals surface area contributed by atoms with Crippen LogP contribution in [0.15, 0.2) is 36.4 Å². The number of hydrogen-bond donors (Lipinski definition) is 0. The van der Waals surface area contributed by atoms with Crippen LogP contribution < -0.4 is 0 Å². The normalized spacial score (nSPS) is 12.9. The molecule has 0 saturated carbocycles. The molecule has 16 heavy (non-hydrogen) atoms. The number of rotatable bonds is 3. The Morgan fingerprint density at radius 3 is 2.50 bits per heavy atom. The molecule has 0 bridgehead atoms. The topological polar surface area (TPSA) is 0 Å². The Labute approximate surface area is 96.1 Å². The lowest BCUT2D eigenvalue weighted by atomic mass is 9.94. The van der Waals surface area contributed by atoms with Crippen molar-refractivity contribution >= 4 is 10.8 Å². The summed E-state index contributed by atoms with van der Waals surface area (Å²) in [4.78, 5) is 0. The molecule has 0 saturated heterocycles. The third-order valence-corrected chi connectivity index (χ3v) is 3.12. The smallest absolute Gasteiger partial charge is 0.123 e. The third kappa shape index (κ3) is 2.24. The van der Waals surface area contributed by atoms with Gasteiger partial charge in [0.2, 0.25) is 0 Å². The van der Waals surface area contributed by atoms with E-state index < -0.39 is 0 Å². The van der Waals surface area contributed by atoms with Crippen molar-refractivity contribution in [2.24, 2.45) is 0 Å². The Bertz CT molecular complexity index is 488. The van der Waals surface area contributed by atoms with E-state index in [0.717, 1.165) is 10.8 Å². The molecule has 1 atom stereocenters. The Morgan fingerprint density at radius 2 is 1.75 bits per heavy atom. The highest BCUT2D eigenvalue weighted by Gasteiger charge is 2.05. The van der Waals surface area contributed by atoms with Crippen LogP contribution in [0.2, 0.25) is 0 Å². The molecule has 0 aliphatic carbocycles. The Morgan fingerprint density at radius 1 is 1.06 bits per heavy atom. The lowest BCUT2D eigenvalue weighted by Gasteiger charge is -2.11. The van der Waals surface area contributed by atoms with Gasteiger partial charge in [-0.3, -0.25) is 0 Å². The van der Waals surface area contributed by atoms with Crippen molar-refractivity contribution < 1.29 is 4.39 Å². The summed E-state index contributed by atoms with van der Waals surface area (Å²) in [7, 11) is 0. The molecule has 0 radical (unpaired) electrons. The Kier molecular flexibility index (Phi) is 3.23. The second-order valence-corrected chi connectivity index (χ2v) is 4.44. The van der Waals surface area contributed by atoms with Crippen LogP contribution in [0, 0.1) is 5.82 Å². The van der Waals surface area contributed by atoms with E-state index in [0.29, 0.717) is 5.92 Å². The van der Waals surface area contributed by atoms with Crippen LogP contribution in [0.25, 0.3) is 10.8 Å². The lowest BCUT2D eigenvalue weighted by Crippen LogP contribution is -1.92. The van der Waals surface area contributed by atoms with E-state index in [4.69, 9.17) is 0 Å². The maximum Gasteiger partial charge on any atom is 0.123 e. The molecule has 0 nitrogen and oxygen atoms in total. The van der Waals surface area contributed by atoms with E-state index in [9.17, 15) is 4.39 Å². The van der Waals surface area contributed by atoms with Gasteiger partial charge in [-0.05, 0) is 40.8 Å². The second kappa shape index (κ2) is 4.65. The van der Waals surface area contributed by atoms with E-state index in [2.05, 4.69) is 26.0 Å². The highest BCUT2D eigenvalue weighted by atomic mass is 19.1. The molecule has 0 heterocycles. The number of benzene rings is 2. The van der Waals surface area contributed by atoms with Gasteiger partial charge >= 0.3 is 0 Å².